The Morgan fingerprint density at radius 1 is 1.19 bits per heavy atom. The summed E-state index contributed by atoms with van der Waals surface area (Å²) in [6.07, 6.45) is 2.24. The van der Waals surface area contributed by atoms with Crippen LogP contribution in [0, 0.1) is 22.7 Å². The van der Waals surface area contributed by atoms with Gasteiger partial charge in [-0.3, -0.25) is 4.79 Å². The average Bonchev–Trinajstić information content (AvgIpc) is 2.71. The van der Waals surface area contributed by atoms with Crippen LogP contribution in [0.5, 0.6) is 11.5 Å². The first kappa shape index (κ1) is 19.6. The molecule has 0 radical (unpaired) electrons. The lowest BCUT2D eigenvalue weighted by atomic mass is 10.1. The van der Waals surface area contributed by atoms with Crippen molar-refractivity contribution in [3.05, 3.63) is 59.2 Å². The number of benzene rings is 2. The number of nitriles is 2. The first-order valence-corrected chi connectivity index (χ1v) is 8.31. The number of ether oxygens (including phenoxy) is 2. The Hall–Kier alpha value is -3.77. The third kappa shape index (κ3) is 5.10. The normalized spacial score (nSPS) is 10.4. The van der Waals surface area contributed by atoms with E-state index >= 15 is 0 Å². The second kappa shape index (κ2) is 9.65. The highest BCUT2D eigenvalue weighted by Crippen LogP contribution is 2.29. The van der Waals surface area contributed by atoms with Crippen LogP contribution in [0.3, 0.4) is 0 Å². The highest BCUT2D eigenvalue weighted by molar-refractivity contribution is 6.10. The molecular weight excluding hydrogens is 342 g/mol. The molecule has 1 N–H and O–H groups in total. The molecule has 0 unspecified atom stereocenters. The fourth-order valence-corrected chi connectivity index (χ4v) is 2.46. The summed E-state index contributed by atoms with van der Waals surface area (Å²) in [4.78, 5) is 12.5. The van der Waals surface area contributed by atoms with Crippen molar-refractivity contribution in [1.82, 2.24) is 0 Å². The SMILES string of the molecule is CCc1ccccc1NC(=O)C(C#N)=Cc1ccc(OCC#N)c(OC)c1. The molecule has 0 fully saturated rings. The summed E-state index contributed by atoms with van der Waals surface area (Å²) in [5.74, 6) is 0.339. The maximum atomic E-state index is 12.5. The van der Waals surface area contributed by atoms with Crippen LogP contribution in [0.25, 0.3) is 6.08 Å². The molecule has 0 saturated heterocycles. The van der Waals surface area contributed by atoms with Gasteiger partial charge in [-0.15, -0.1) is 0 Å². The van der Waals surface area contributed by atoms with Crippen LogP contribution in [-0.4, -0.2) is 19.6 Å². The number of carbonyl (C=O) groups is 1. The van der Waals surface area contributed by atoms with Crippen LogP contribution in [0.4, 0.5) is 5.69 Å². The van der Waals surface area contributed by atoms with E-state index in [0.717, 1.165) is 12.0 Å². The molecule has 0 aliphatic heterocycles. The monoisotopic (exact) mass is 361 g/mol. The molecule has 6 nitrogen and oxygen atoms in total. The molecule has 27 heavy (non-hydrogen) atoms. The van der Waals surface area contributed by atoms with E-state index in [1.165, 1.54) is 13.2 Å². The van der Waals surface area contributed by atoms with Crippen molar-refractivity contribution in [2.24, 2.45) is 0 Å². The van der Waals surface area contributed by atoms with Crippen LogP contribution < -0.4 is 14.8 Å². The summed E-state index contributed by atoms with van der Waals surface area (Å²) in [6.45, 7) is 1.89. The zero-order valence-corrected chi connectivity index (χ0v) is 15.2. The van der Waals surface area contributed by atoms with Gasteiger partial charge in [0.1, 0.15) is 17.7 Å². The van der Waals surface area contributed by atoms with Gasteiger partial charge in [-0.1, -0.05) is 31.2 Å². The average molecular weight is 361 g/mol. The lowest BCUT2D eigenvalue weighted by molar-refractivity contribution is -0.112. The molecule has 0 aliphatic carbocycles. The van der Waals surface area contributed by atoms with Gasteiger partial charge in [0.25, 0.3) is 5.91 Å². The fraction of sp³-hybridized carbons (Fsp3) is 0.190. The lowest BCUT2D eigenvalue weighted by Gasteiger charge is -2.10. The van der Waals surface area contributed by atoms with Crippen molar-refractivity contribution in [1.29, 1.82) is 10.5 Å². The number of nitrogens with one attached hydrogen (secondary N) is 1. The van der Waals surface area contributed by atoms with Crippen molar-refractivity contribution < 1.29 is 14.3 Å². The van der Waals surface area contributed by atoms with Gasteiger partial charge in [0.05, 0.1) is 7.11 Å². The minimum Gasteiger partial charge on any atom is -0.493 e. The molecule has 0 bridgehead atoms. The molecular formula is C21H19N3O3. The molecule has 0 spiro atoms. The molecule has 2 aromatic carbocycles. The number of methoxy groups -OCH3 is 1. The smallest absolute Gasteiger partial charge is 0.266 e. The molecule has 0 aliphatic rings. The summed E-state index contributed by atoms with van der Waals surface area (Å²) in [5, 5.41) is 20.8. The highest BCUT2D eigenvalue weighted by atomic mass is 16.5. The van der Waals surface area contributed by atoms with Gasteiger partial charge in [-0.2, -0.15) is 10.5 Å². The molecule has 0 atom stereocenters. The van der Waals surface area contributed by atoms with Crippen LogP contribution in [0.15, 0.2) is 48.0 Å². The summed E-state index contributed by atoms with van der Waals surface area (Å²) in [7, 11) is 1.47. The molecule has 1 amide bonds. The van der Waals surface area contributed by atoms with E-state index in [1.807, 2.05) is 37.3 Å². The number of hydrogen-bond donors (Lipinski definition) is 1. The zero-order chi connectivity index (χ0) is 19.6. The molecule has 0 heterocycles. The maximum Gasteiger partial charge on any atom is 0.266 e. The van der Waals surface area contributed by atoms with Crippen LogP contribution >= 0.6 is 0 Å². The third-order valence-electron chi connectivity index (χ3n) is 3.80. The maximum absolute atomic E-state index is 12.5. The molecule has 136 valence electrons. The van der Waals surface area contributed by atoms with E-state index in [0.29, 0.717) is 22.7 Å². The predicted molar refractivity (Wildman–Crippen MR) is 102 cm³/mol. The number of amides is 1. The molecule has 2 rings (SSSR count). The Morgan fingerprint density at radius 2 is 1.96 bits per heavy atom. The number of para-hydroxylation sites is 1. The summed E-state index contributed by atoms with van der Waals surface area (Å²) >= 11 is 0. The Bertz CT molecular complexity index is 936. The van der Waals surface area contributed by atoms with E-state index in [4.69, 9.17) is 14.7 Å². The molecule has 2 aromatic rings. The second-order valence-corrected chi connectivity index (χ2v) is 5.49. The summed E-state index contributed by atoms with van der Waals surface area (Å²) in [6, 6.07) is 16.2. The van der Waals surface area contributed by atoms with Gasteiger partial charge < -0.3 is 14.8 Å². The topological polar surface area (TPSA) is 95.1 Å². The van der Waals surface area contributed by atoms with E-state index in [2.05, 4.69) is 5.32 Å². The van der Waals surface area contributed by atoms with E-state index < -0.39 is 5.91 Å². The Labute approximate surface area is 158 Å². The van der Waals surface area contributed by atoms with Gasteiger partial charge in [0.15, 0.2) is 18.1 Å². The van der Waals surface area contributed by atoms with Crippen LogP contribution in [-0.2, 0) is 11.2 Å². The first-order valence-electron chi connectivity index (χ1n) is 8.31. The quantitative estimate of drug-likeness (QED) is 0.599. The predicted octanol–water partition coefficient (Wildman–Crippen LogP) is 3.71. The van der Waals surface area contributed by atoms with Gasteiger partial charge in [0, 0.05) is 5.69 Å². The number of hydrogen-bond acceptors (Lipinski definition) is 5. The van der Waals surface area contributed by atoms with E-state index in [9.17, 15) is 10.1 Å². The minimum atomic E-state index is -0.484. The Balaban J connectivity index is 2.26. The molecule has 0 aromatic heterocycles. The largest absolute Gasteiger partial charge is 0.493 e. The van der Waals surface area contributed by atoms with Crippen molar-refractivity contribution in [2.45, 2.75) is 13.3 Å². The zero-order valence-electron chi connectivity index (χ0n) is 15.2. The standard InChI is InChI=1S/C21H19N3O3/c1-3-16-6-4-5-7-18(16)24-21(25)17(14-23)12-15-8-9-19(27-11-10-22)20(13-15)26-2/h4-9,12-13H,3,11H2,1-2H3,(H,24,25). The summed E-state index contributed by atoms with van der Waals surface area (Å²) in [5.41, 5.74) is 2.24. The number of aryl methyl sites for hydroxylation is 1. The lowest BCUT2D eigenvalue weighted by Crippen LogP contribution is -2.14. The van der Waals surface area contributed by atoms with Crippen LogP contribution in [0.2, 0.25) is 0 Å². The van der Waals surface area contributed by atoms with Crippen molar-refractivity contribution in [3.63, 3.8) is 0 Å². The van der Waals surface area contributed by atoms with Gasteiger partial charge in [0.2, 0.25) is 0 Å². The number of anilines is 1. The Morgan fingerprint density at radius 3 is 2.63 bits per heavy atom. The van der Waals surface area contributed by atoms with E-state index in [-0.39, 0.29) is 12.2 Å². The van der Waals surface area contributed by atoms with Gasteiger partial charge in [-0.25, -0.2) is 0 Å². The number of carbonyl (C=O) groups excluding carboxylic acids is 1. The van der Waals surface area contributed by atoms with Gasteiger partial charge in [-0.05, 0) is 41.8 Å². The van der Waals surface area contributed by atoms with Crippen LogP contribution in [0.1, 0.15) is 18.1 Å². The van der Waals surface area contributed by atoms with E-state index in [1.54, 1.807) is 24.3 Å². The number of rotatable bonds is 7. The Kier molecular flexibility index (Phi) is 6.99. The second-order valence-electron chi connectivity index (χ2n) is 5.49. The number of nitrogens with zero attached hydrogens (tertiary/aromatic N) is 2. The molecule has 0 saturated carbocycles. The van der Waals surface area contributed by atoms with Crippen molar-refractivity contribution >= 4 is 17.7 Å². The fourth-order valence-electron chi connectivity index (χ4n) is 2.46. The highest BCUT2D eigenvalue weighted by Gasteiger charge is 2.12. The van der Waals surface area contributed by atoms with Crippen molar-refractivity contribution in [2.75, 3.05) is 19.0 Å². The molecule has 6 heteroatoms. The van der Waals surface area contributed by atoms with Crippen molar-refractivity contribution in [3.8, 4) is 23.6 Å². The third-order valence-corrected chi connectivity index (χ3v) is 3.80. The summed E-state index contributed by atoms with van der Waals surface area (Å²) < 4.78 is 10.5. The van der Waals surface area contributed by atoms with Gasteiger partial charge >= 0.3 is 0 Å². The minimum absolute atomic E-state index is 0.0337. The first-order chi connectivity index (χ1) is 13.1.